The molecule has 0 saturated heterocycles. The summed E-state index contributed by atoms with van der Waals surface area (Å²) in [4.78, 5) is 0.174. The van der Waals surface area contributed by atoms with Crippen LogP contribution >= 0.6 is 27.7 Å². The summed E-state index contributed by atoms with van der Waals surface area (Å²) in [6.07, 6.45) is 0. The maximum atomic E-state index is 12.5. The van der Waals surface area contributed by atoms with Crippen LogP contribution in [0.1, 0.15) is 11.1 Å². The largest absolute Gasteiger partial charge is 0.446 e. The first-order valence-corrected chi connectivity index (χ1v) is 7.80. The van der Waals surface area contributed by atoms with E-state index in [0.717, 1.165) is 15.6 Å². The molecule has 21 heavy (non-hydrogen) atoms. The van der Waals surface area contributed by atoms with E-state index in [1.54, 1.807) is 18.2 Å². The van der Waals surface area contributed by atoms with Gasteiger partial charge in [0.25, 0.3) is 0 Å². The number of hydrogen-bond acceptors (Lipinski definition) is 2. The van der Waals surface area contributed by atoms with E-state index in [9.17, 15) is 13.2 Å². The van der Waals surface area contributed by atoms with Crippen molar-refractivity contribution in [2.24, 2.45) is 0 Å². The Balaban J connectivity index is 2.13. The van der Waals surface area contributed by atoms with Crippen LogP contribution < -0.4 is 5.32 Å². The zero-order valence-electron chi connectivity index (χ0n) is 11.2. The Morgan fingerprint density at radius 2 is 1.86 bits per heavy atom. The number of rotatable bonds is 4. The van der Waals surface area contributed by atoms with Gasteiger partial charge in [0.1, 0.15) is 0 Å². The number of thioether (sulfide) groups is 1. The molecule has 0 fully saturated rings. The average molecular weight is 376 g/mol. The molecule has 0 aromatic heterocycles. The third-order valence-electron chi connectivity index (χ3n) is 2.79. The molecule has 0 atom stereocenters. The van der Waals surface area contributed by atoms with E-state index in [1.807, 2.05) is 25.1 Å². The van der Waals surface area contributed by atoms with E-state index in [-0.39, 0.29) is 16.7 Å². The van der Waals surface area contributed by atoms with Crippen molar-refractivity contribution < 1.29 is 13.2 Å². The molecule has 0 unspecified atom stereocenters. The molecule has 0 aliphatic heterocycles. The predicted molar refractivity (Wildman–Crippen MR) is 84.6 cm³/mol. The van der Waals surface area contributed by atoms with Crippen molar-refractivity contribution in [3.63, 3.8) is 0 Å². The maximum Gasteiger partial charge on any atom is 0.446 e. The molecule has 0 radical (unpaired) electrons. The summed E-state index contributed by atoms with van der Waals surface area (Å²) in [7, 11) is 0. The fraction of sp³-hybridized carbons (Fsp3) is 0.200. The van der Waals surface area contributed by atoms with Crippen LogP contribution in [-0.2, 0) is 6.54 Å². The van der Waals surface area contributed by atoms with Crippen LogP contribution in [0.3, 0.4) is 0 Å². The molecule has 1 N–H and O–H groups in total. The van der Waals surface area contributed by atoms with Gasteiger partial charge >= 0.3 is 5.51 Å². The van der Waals surface area contributed by atoms with Crippen LogP contribution in [0.4, 0.5) is 18.9 Å². The van der Waals surface area contributed by atoms with E-state index in [2.05, 4.69) is 21.2 Å². The number of hydrogen-bond donors (Lipinski definition) is 1. The third kappa shape index (κ3) is 4.97. The zero-order chi connectivity index (χ0) is 15.5. The Bertz CT molecular complexity index is 629. The Kier molecular flexibility index (Phi) is 5.22. The van der Waals surface area contributed by atoms with Gasteiger partial charge in [-0.05, 0) is 48.0 Å². The molecule has 2 aromatic carbocycles. The number of anilines is 1. The molecule has 1 nitrogen and oxygen atoms in total. The van der Waals surface area contributed by atoms with Crippen molar-refractivity contribution in [3.05, 3.63) is 58.1 Å². The predicted octanol–water partition coefficient (Wildman–Crippen LogP) is 5.98. The highest BCUT2D eigenvalue weighted by Crippen LogP contribution is 2.40. The second-order valence-corrected chi connectivity index (χ2v) is 6.45. The van der Waals surface area contributed by atoms with Gasteiger partial charge < -0.3 is 5.32 Å². The van der Waals surface area contributed by atoms with Crippen molar-refractivity contribution in [1.82, 2.24) is 0 Å². The van der Waals surface area contributed by atoms with E-state index >= 15 is 0 Å². The van der Waals surface area contributed by atoms with E-state index in [4.69, 9.17) is 0 Å². The first-order valence-electron chi connectivity index (χ1n) is 6.19. The van der Waals surface area contributed by atoms with Gasteiger partial charge in [0.2, 0.25) is 0 Å². The molecule has 0 aliphatic rings. The molecule has 6 heteroatoms. The lowest BCUT2D eigenvalue weighted by Gasteiger charge is -2.14. The lowest BCUT2D eigenvalue weighted by molar-refractivity contribution is -0.0327. The maximum absolute atomic E-state index is 12.5. The summed E-state index contributed by atoms with van der Waals surface area (Å²) in [6, 6.07) is 12.3. The van der Waals surface area contributed by atoms with Crippen LogP contribution in [0.2, 0.25) is 0 Å². The van der Waals surface area contributed by atoms with Crippen molar-refractivity contribution in [1.29, 1.82) is 0 Å². The van der Waals surface area contributed by atoms with Crippen LogP contribution in [0.5, 0.6) is 0 Å². The zero-order valence-corrected chi connectivity index (χ0v) is 13.6. The molecule has 0 spiro atoms. The Morgan fingerprint density at radius 3 is 2.52 bits per heavy atom. The van der Waals surface area contributed by atoms with E-state index < -0.39 is 5.51 Å². The first-order chi connectivity index (χ1) is 9.85. The van der Waals surface area contributed by atoms with Crippen molar-refractivity contribution in [2.45, 2.75) is 23.9 Å². The quantitative estimate of drug-likeness (QED) is 0.659. The minimum Gasteiger partial charge on any atom is -0.380 e. The van der Waals surface area contributed by atoms with E-state index in [0.29, 0.717) is 12.2 Å². The number of halogens is 4. The lowest BCUT2D eigenvalue weighted by atomic mass is 10.1. The topological polar surface area (TPSA) is 12.0 Å². The van der Waals surface area contributed by atoms with Gasteiger partial charge in [0.15, 0.2) is 0 Å². The van der Waals surface area contributed by atoms with Gasteiger partial charge in [-0.3, -0.25) is 0 Å². The normalized spacial score (nSPS) is 11.5. The highest BCUT2D eigenvalue weighted by Gasteiger charge is 2.30. The van der Waals surface area contributed by atoms with Crippen LogP contribution in [0.25, 0.3) is 0 Å². The first kappa shape index (κ1) is 16.2. The fourth-order valence-electron chi connectivity index (χ4n) is 1.81. The van der Waals surface area contributed by atoms with Crippen LogP contribution in [0.15, 0.2) is 51.8 Å². The molecule has 2 rings (SSSR count). The molecule has 0 heterocycles. The van der Waals surface area contributed by atoms with Crippen LogP contribution in [-0.4, -0.2) is 5.51 Å². The number of nitrogens with one attached hydrogen (secondary N) is 1. The molecular weight excluding hydrogens is 363 g/mol. The molecule has 0 aliphatic carbocycles. The highest BCUT2D eigenvalue weighted by molar-refractivity contribution is 9.10. The minimum atomic E-state index is -4.29. The summed E-state index contributed by atoms with van der Waals surface area (Å²) >= 11 is 3.36. The molecule has 0 bridgehead atoms. The third-order valence-corrected chi connectivity index (χ3v) is 4.34. The molecular formula is C15H13BrF3NS. The highest BCUT2D eigenvalue weighted by atomic mass is 79.9. The molecule has 112 valence electrons. The van der Waals surface area contributed by atoms with Crippen molar-refractivity contribution >= 4 is 33.4 Å². The summed E-state index contributed by atoms with van der Waals surface area (Å²) in [5, 5.41) is 3.06. The summed E-state index contributed by atoms with van der Waals surface area (Å²) in [5.41, 5.74) is -1.69. The Morgan fingerprint density at radius 1 is 1.14 bits per heavy atom. The second kappa shape index (κ2) is 6.75. The van der Waals surface area contributed by atoms with Crippen LogP contribution in [0, 0.1) is 6.92 Å². The number of aryl methyl sites for hydroxylation is 1. The van der Waals surface area contributed by atoms with Gasteiger partial charge in [-0.2, -0.15) is 13.2 Å². The fourth-order valence-corrected chi connectivity index (χ4v) is 3.09. The SMILES string of the molecule is Cc1ccc(CNc2ccccc2SC(F)(F)F)c(Br)c1. The van der Waals surface area contributed by atoms with Gasteiger partial charge in [-0.15, -0.1) is 0 Å². The van der Waals surface area contributed by atoms with Gasteiger partial charge in [0.05, 0.1) is 0 Å². The van der Waals surface area contributed by atoms with Gasteiger partial charge in [-0.1, -0.05) is 40.2 Å². The molecule has 2 aromatic rings. The summed E-state index contributed by atoms with van der Waals surface area (Å²) in [6.45, 7) is 2.44. The van der Waals surface area contributed by atoms with E-state index in [1.165, 1.54) is 6.07 Å². The lowest BCUT2D eigenvalue weighted by Crippen LogP contribution is -2.04. The van der Waals surface area contributed by atoms with Crippen molar-refractivity contribution in [3.8, 4) is 0 Å². The number of benzene rings is 2. The summed E-state index contributed by atoms with van der Waals surface area (Å²) in [5.74, 6) is 0. The Hall–Kier alpha value is -1.14. The number of alkyl halides is 3. The second-order valence-electron chi connectivity index (χ2n) is 4.49. The average Bonchev–Trinajstić information content (AvgIpc) is 2.37. The summed E-state index contributed by atoms with van der Waals surface area (Å²) < 4.78 is 38.5. The number of para-hydroxylation sites is 1. The molecule has 0 amide bonds. The molecule has 0 saturated carbocycles. The van der Waals surface area contributed by atoms with Gasteiger partial charge in [0, 0.05) is 21.6 Å². The van der Waals surface area contributed by atoms with Gasteiger partial charge in [-0.25, -0.2) is 0 Å². The standard InChI is InChI=1S/C15H13BrF3NS/c1-10-6-7-11(12(16)8-10)9-20-13-4-2-3-5-14(13)21-15(17,18)19/h2-8,20H,9H2,1H3. The van der Waals surface area contributed by atoms with Crippen molar-refractivity contribution in [2.75, 3.05) is 5.32 Å². The smallest absolute Gasteiger partial charge is 0.380 e. The monoisotopic (exact) mass is 375 g/mol. The minimum absolute atomic E-state index is 0.105. The Labute approximate surface area is 134 Å².